The van der Waals surface area contributed by atoms with Gasteiger partial charge in [-0.1, -0.05) is 6.07 Å². The van der Waals surface area contributed by atoms with Crippen molar-refractivity contribution in [1.82, 2.24) is 10.3 Å². The van der Waals surface area contributed by atoms with E-state index in [1.54, 1.807) is 25.6 Å². The van der Waals surface area contributed by atoms with E-state index in [1.165, 1.54) is 5.56 Å². The summed E-state index contributed by atoms with van der Waals surface area (Å²) in [6.07, 6.45) is 3.54. The van der Waals surface area contributed by atoms with Crippen LogP contribution in [-0.4, -0.2) is 24.6 Å². The van der Waals surface area contributed by atoms with Crippen LogP contribution in [0.4, 0.5) is 0 Å². The van der Waals surface area contributed by atoms with Gasteiger partial charge < -0.3 is 20.5 Å². The average molecular weight is 301 g/mol. The number of hydrogen-bond donors (Lipinski definition) is 2. The van der Waals surface area contributed by atoms with Gasteiger partial charge in [0, 0.05) is 25.5 Å². The van der Waals surface area contributed by atoms with Crippen molar-refractivity contribution in [3.63, 3.8) is 0 Å². The molecule has 2 rings (SSSR count). The number of benzene rings is 1. The highest BCUT2D eigenvalue weighted by Crippen LogP contribution is 2.27. The molecule has 0 aliphatic rings. The maximum atomic E-state index is 10.8. The van der Waals surface area contributed by atoms with Crippen LogP contribution in [0, 0.1) is 0 Å². The molecule has 0 saturated heterocycles. The molecule has 0 aliphatic heterocycles. The van der Waals surface area contributed by atoms with Gasteiger partial charge in [0.15, 0.2) is 18.1 Å². The molecule has 0 radical (unpaired) electrons. The van der Waals surface area contributed by atoms with Crippen LogP contribution in [0.3, 0.4) is 0 Å². The van der Waals surface area contributed by atoms with Crippen molar-refractivity contribution in [1.29, 1.82) is 0 Å². The lowest BCUT2D eigenvalue weighted by atomic mass is 10.2. The predicted octanol–water partition coefficient (Wildman–Crippen LogP) is 1.24. The number of ether oxygens (including phenoxy) is 2. The van der Waals surface area contributed by atoms with Crippen molar-refractivity contribution in [3.05, 3.63) is 53.9 Å². The van der Waals surface area contributed by atoms with E-state index in [0.29, 0.717) is 18.0 Å². The summed E-state index contributed by atoms with van der Waals surface area (Å²) in [5, 5.41) is 3.34. The highest BCUT2D eigenvalue weighted by Gasteiger charge is 2.07. The van der Waals surface area contributed by atoms with Crippen LogP contribution in [0.2, 0.25) is 0 Å². The van der Waals surface area contributed by atoms with Gasteiger partial charge in [-0.3, -0.25) is 9.78 Å². The zero-order valence-electron chi connectivity index (χ0n) is 12.4. The molecule has 1 amide bonds. The molecule has 0 spiro atoms. The Hall–Kier alpha value is -2.60. The number of nitrogens with two attached hydrogens (primary N) is 1. The Morgan fingerprint density at radius 2 is 1.86 bits per heavy atom. The minimum atomic E-state index is -0.523. The Labute approximate surface area is 129 Å². The molecule has 0 unspecified atom stereocenters. The fourth-order valence-electron chi connectivity index (χ4n) is 1.94. The third-order valence-corrected chi connectivity index (χ3v) is 3.01. The van der Waals surface area contributed by atoms with Gasteiger partial charge in [0.2, 0.25) is 0 Å². The van der Waals surface area contributed by atoms with Crippen LogP contribution in [0.1, 0.15) is 11.1 Å². The summed E-state index contributed by atoms with van der Waals surface area (Å²) in [6.45, 7) is 1.27. The van der Waals surface area contributed by atoms with Crippen molar-refractivity contribution < 1.29 is 14.3 Å². The molecule has 6 nitrogen and oxygen atoms in total. The van der Waals surface area contributed by atoms with Crippen LogP contribution in [0.15, 0.2) is 42.7 Å². The van der Waals surface area contributed by atoms with Crippen LogP contribution < -0.4 is 20.5 Å². The normalized spacial score (nSPS) is 10.2. The molecule has 0 atom stereocenters. The number of carbonyl (C=O) groups excluding carboxylic acids is 1. The van der Waals surface area contributed by atoms with E-state index < -0.39 is 5.91 Å². The smallest absolute Gasteiger partial charge is 0.255 e. The number of carbonyl (C=O) groups is 1. The third-order valence-electron chi connectivity index (χ3n) is 3.01. The van der Waals surface area contributed by atoms with Crippen molar-refractivity contribution in [2.45, 2.75) is 13.1 Å². The van der Waals surface area contributed by atoms with E-state index in [1.807, 2.05) is 24.3 Å². The number of methoxy groups -OCH3 is 1. The second kappa shape index (κ2) is 7.99. The molecular formula is C16H19N3O3. The lowest BCUT2D eigenvalue weighted by Crippen LogP contribution is -2.20. The first-order valence-electron chi connectivity index (χ1n) is 6.86. The summed E-state index contributed by atoms with van der Waals surface area (Å²) >= 11 is 0. The fourth-order valence-corrected chi connectivity index (χ4v) is 1.94. The molecule has 1 heterocycles. The topological polar surface area (TPSA) is 86.5 Å². The van der Waals surface area contributed by atoms with Crippen LogP contribution in [0.5, 0.6) is 11.5 Å². The summed E-state index contributed by atoms with van der Waals surface area (Å²) in [4.78, 5) is 14.7. The van der Waals surface area contributed by atoms with Gasteiger partial charge in [-0.25, -0.2) is 0 Å². The van der Waals surface area contributed by atoms with Gasteiger partial charge in [0.25, 0.3) is 5.91 Å². The summed E-state index contributed by atoms with van der Waals surface area (Å²) in [5.41, 5.74) is 7.29. The summed E-state index contributed by atoms with van der Waals surface area (Å²) in [5.74, 6) is 0.550. The molecule has 0 saturated carbocycles. The quantitative estimate of drug-likeness (QED) is 0.766. The molecule has 0 fully saturated rings. The molecule has 116 valence electrons. The van der Waals surface area contributed by atoms with E-state index in [4.69, 9.17) is 15.2 Å². The standard InChI is InChI=1S/C16H19N3O3/c1-21-15-8-13(2-3-14(15)22-11-16(17)20)10-19-9-12-4-6-18-7-5-12/h2-8,19H,9-11H2,1H3,(H2,17,20). The Bertz CT molecular complexity index is 617. The maximum Gasteiger partial charge on any atom is 0.255 e. The fraction of sp³-hybridized carbons (Fsp3) is 0.250. The van der Waals surface area contributed by atoms with Gasteiger partial charge in [-0.15, -0.1) is 0 Å². The number of hydrogen-bond acceptors (Lipinski definition) is 5. The molecule has 6 heteroatoms. The molecule has 2 aromatic rings. The lowest BCUT2D eigenvalue weighted by Gasteiger charge is -2.11. The van der Waals surface area contributed by atoms with E-state index in [2.05, 4.69) is 10.3 Å². The summed E-state index contributed by atoms with van der Waals surface area (Å²) < 4.78 is 10.6. The number of nitrogens with one attached hydrogen (secondary N) is 1. The third kappa shape index (κ3) is 4.75. The van der Waals surface area contributed by atoms with Gasteiger partial charge in [0.1, 0.15) is 0 Å². The van der Waals surface area contributed by atoms with Crippen LogP contribution in [0.25, 0.3) is 0 Å². The summed E-state index contributed by atoms with van der Waals surface area (Å²) in [7, 11) is 1.56. The number of primary amides is 1. The first kappa shape index (κ1) is 15.8. The van der Waals surface area contributed by atoms with Gasteiger partial charge in [0.05, 0.1) is 7.11 Å². The zero-order chi connectivity index (χ0) is 15.8. The Morgan fingerprint density at radius 3 is 2.55 bits per heavy atom. The lowest BCUT2D eigenvalue weighted by molar-refractivity contribution is -0.119. The predicted molar refractivity (Wildman–Crippen MR) is 82.5 cm³/mol. The monoisotopic (exact) mass is 301 g/mol. The SMILES string of the molecule is COc1cc(CNCc2ccncc2)ccc1OCC(N)=O. The second-order valence-corrected chi connectivity index (χ2v) is 4.70. The first-order chi connectivity index (χ1) is 10.7. The first-order valence-corrected chi connectivity index (χ1v) is 6.86. The van der Waals surface area contributed by atoms with Crippen molar-refractivity contribution >= 4 is 5.91 Å². The molecule has 0 bridgehead atoms. The number of nitrogens with zero attached hydrogens (tertiary/aromatic N) is 1. The molecule has 3 N–H and O–H groups in total. The van der Waals surface area contributed by atoms with Crippen molar-refractivity contribution in [2.75, 3.05) is 13.7 Å². The number of amides is 1. The van der Waals surface area contributed by atoms with Gasteiger partial charge in [-0.05, 0) is 35.4 Å². The van der Waals surface area contributed by atoms with Crippen molar-refractivity contribution in [3.8, 4) is 11.5 Å². The number of rotatable bonds is 8. The Balaban J connectivity index is 1.92. The second-order valence-electron chi connectivity index (χ2n) is 4.70. The zero-order valence-corrected chi connectivity index (χ0v) is 12.4. The van der Waals surface area contributed by atoms with Gasteiger partial charge in [-0.2, -0.15) is 0 Å². The van der Waals surface area contributed by atoms with E-state index >= 15 is 0 Å². The Kier molecular flexibility index (Phi) is 5.73. The highest BCUT2D eigenvalue weighted by molar-refractivity contribution is 5.75. The minimum Gasteiger partial charge on any atom is -0.493 e. The molecular weight excluding hydrogens is 282 g/mol. The summed E-state index contributed by atoms with van der Waals surface area (Å²) in [6, 6.07) is 9.49. The highest BCUT2D eigenvalue weighted by atomic mass is 16.5. The van der Waals surface area contributed by atoms with Crippen LogP contribution >= 0.6 is 0 Å². The van der Waals surface area contributed by atoms with E-state index in [-0.39, 0.29) is 6.61 Å². The number of pyridine rings is 1. The maximum absolute atomic E-state index is 10.8. The van der Waals surface area contributed by atoms with E-state index in [9.17, 15) is 4.79 Å². The van der Waals surface area contributed by atoms with E-state index in [0.717, 1.165) is 12.1 Å². The van der Waals surface area contributed by atoms with Crippen molar-refractivity contribution in [2.24, 2.45) is 5.73 Å². The largest absolute Gasteiger partial charge is 0.493 e. The molecule has 1 aromatic heterocycles. The minimum absolute atomic E-state index is 0.171. The van der Waals surface area contributed by atoms with Gasteiger partial charge >= 0.3 is 0 Å². The molecule has 1 aromatic carbocycles. The molecule has 0 aliphatic carbocycles. The Morgan fingerprint density at radius 1 is 1.14 bits per heavy atom. The average Bonchev–Trinajstić information content (AvgIpc) is 2.54. The molecule has 22 heavy (non-hydrogen) atoms. The van der Waals surface area contributed by atoms with Crippen LogP contribution in [-0.2, 0) is 17.9 Å². The number of aromatic nitrogens is 1.